The molecule has 1 fully saturated rings. The van der Waals surface area contributed by atoms with E-state index in [9.17, 15) is 0 Å². The van der Waals surface area contributed by atoms with Crippen LogP contribution in [-0.4, -0.2) is 17.5 Å². The van der Waals surface area contributed by atoms with Crippen LogP contribution in [0.1, 0.15) is 43.4 Å². The van der Waals surface area contributed by atoms with Gasteiger partial charge in [0.2, 0.25) is 0 Å². The minimum atomic E-state index is 0.424. The predicted molar refractivity (Wildman–Crippen MR) is 67.6 cm³/mol. The normalized spacial score (nSPS) is 22.5. The van der Waals surface area contributed by atoms with Crippen LogP contribution in [0.5, 0.6) is 0 Å². The van der Waals surface area contributed by atoms with Gasteiger partial charge in [-0.25, -0.2) is 0 Å². The molecular formula is C15H21N. The SMILES string of the molecule is Cc1cccc2c1CCN(C(C)C)C21CC1. The van der Waals surface area contributed by atoms with E-state index in [1.807, 2.05) is 0 Å². The summed E-state index contributed by atoms with van der Waals surface area (Å²) in [6, 6.07) is 7.54. The second-order valence-electron chi connectivity index (χ2n) is 5.67. The topological polar surface area (TPSA) is 3.24 Å². The van der Waals surface area contributed by atoms with Crippen LogP contribution in [0.15, 0.2) is 18.2 Å². The number of hydrogen-bond donors (Lipinski definition) is 0. The molecule has 0 saturated heterocycles. The Bertz CT molecular complexity index is 415. The van der Waals surface area contributed by atoms with Crippen LogP contribution in [0, 0.1) is 6.92 Å². The van der Waals surface area contributed by atoms with Crippen molar-refractivity contribution in [3.8, 4) is 0 Å². The molecule has 1 nitrogen and oxygen atoms in total. The smallest absolute Gasteiger partial charge is 0.0467 e. The summed E-state index contributed by atoms with van der Waals surface area (Å²) in [5.74, 6) is 0. The molecule has 16 heavy (non-hydrogen) atoms. The van der Waals surface area contributed by atoms with Gasteiger partial charge in [-0.15, -0.1) is 0 Å². The molecule has 1 aliphatic carbocycles. The van der Waals surface area contributed by atoms with Crippen molar-refractivity contribution in [3.63, 3.8) is 0 Å². The summed E-state index contributed by atoms with van der Waals surface area (Å²) < 4.78 is 0. The van der Waals surface area contributed by atoms with Gasteiger partial charge in [0, 0.05) is 18.1 Å². The van der Waals surface area contributed by atoms with Crippen LogP contribution in [0.25, 0.3) is 0 Å². The maximum Gasteiger partial charge on any atom is 0.0467 e. The lowest BCUT2D eigenvalue weighted by Gasteiger charge is -2.41. The molecule has 0 amide bonds. The van der Waals surface area contributed by atoms with Gasteiger partial charge < -0.3 is 0 Å². The zero-order chi connectivity index (χ0) is 11.3. The van der Waals surface area contributed by atoms with E-state index in [1.54, 1.807) is 11.1 Å². The zero-order valence-electron chi connectivity index (χ0n) is 10.6. The molecule has 0 N–H and O–H groups in total. The van der Waals surface area contributed by atoms with E-state index in [1.165, 1.54) is 31.4 Å². The Hall–Kier alpha value is -0.820. The van der Waals surface area contributed by atoms with Gasteiger partial charge in [-0.1, -0.05) is 18.2 Å². The summed E-state index contributed by atoms with van der Waals surface area (Å²) >= 11 is 0. The molecule has 1 aromatic rings. The molecule has 0 bridgehead atoms. The van der Waals surface area contributed by atoms with Crippen molar-refractivity contribution in [3.05, 3.63) is 34.9 Å². The number of aryl methyl sites for hydroxylation is 1. The minimum absolute atomic E-state index is 0.424. The summed E-state index contributed by atoms with van der Waals surface area (Å²) in [5, 5.41) is 0. The van der Waals surface area contributed by atoms with Gasteiger partial charge in [-0.2, -0.15) is 0 Å². The van der Waals surface area contributed by atoms with Gasteiger partial charge in [0.1, 0.15) is 0 Å². The highest BCUT2D eigenvalue weighted by Gasteiger charge is 2.52. The molecule has 3 rings (SSSR count). The van der Waals surface area contributed by atoms with Crippen molar-refractivity contribution in [1.29, 1.82) is 0 Å². The fourth-order valence-corrected chi connectivity index (χ4v) is 3.50. The maximum atomic E-state index is 2.72. The average molecular weight is 215 g/mol. The molecule has 0 unspecified atom stereocenters. The van der Waals surface area contributed by atoms with Crippen LogP contribution < -0.4 is 0 Å². The summed E-state index contributed by atoms with van der Waals surface area (Å²) in [5.41, 5.74) is 5.19. The third-order valence-electron chi connectivity index (χ3n) is 4.41. The molecule has 0 atom stereocenters. The number of fused-ring (bicyclic) bond motifs is 2. The highest BCUT2D eigenvalue weighted by molar-refractivity contribution is 5.44. The highest BCUT2D eigenvalue weighted by atomic mass is 15.3. The molecule has 0 aromatic heterocycles. The van der Waals surface area contributed by atoms with E-state index < -0.39 is 0 Å². The van der Waals surface area contributed by atoms with Crippen molar-refractivity contribution in [2.24, 2.45) is 0 Å². The maximum absolute atomic E-state index is 2.72. The lowest BCUT2D eigenvalue weighted by molar-refractivity contribution is 0.123. The minimum Gasteiger partial charge on any atom is -0.291 e. The van der Waals surface area contributed by atoms with E-state index in [-0.39, 0.29) is 0 Å². The second-order valence-corrected chi connectivity index (χ2v) is 5.67. The first-order valence-electron chi connectivity index (χ1n) is 6.51. The first kappa shape index (κ1) is 10.3. The molecule has 2 aliphatic rings. The van der Waals surface area contributed by atoms with Gasteiger partial charge in [-0.05, 0) is 56.7 Å². The Labute approximate surface area is 98.5 Å². The predicted octanol–water partition coefficient (Wildman–Crippen LogP) is 3.25. The monoisotopic (exact) mass is 215 g/mol. The van der Waals surface area contributed by atoms with Gasteiger partial charge in [0.05, 0.1) is 0 Å². The second kappa shape index (κ2) is 3.33. The van der Waals surface area contributed by atoms with E-state index >= 15 is 0 Å². The van der Waals surface area contributed by atoms with Crippen molar-refractivity contribution in [2.75, 3.05) is 6.54 Å². The fourth-order valence-electron chi connectivity index (χ4n) is 3.50. The van der Waals surface area contributed by atoms with Crippen molar-refractivity contribution < 1.29 is 0 Å². The lowest BCUT2D eigenvalue weighted by Crippen LogP contribution is -2.45. The fraction of sp³-hybridized carbons (Fsp3) is 0.600. The van der Waals surface area contributed by atoms with Crippen molar-refractivity contribution >= 4 is 0 Å². The zero-order valence-corrected chi connectivity index (χ0v) is 10.6. The van der Waals surface area contributed by atoms with Crippen LogP contribution in [-0.2, 0) is 12.0 Å². The summed E-state index contributed by atoms with van der Waals surface area (Å²) in [7, 11) is 0. The van der Waals surface area contributed by atoms with Crippen LogP contribution in [0.4, 0.5) is 0 Å². The summed E-state index contributed by atoms with van der Waals surface area (Å²) in [6.45, 7) is 8.18. The Morgan fingerprint density at radius 2 is 2.00 bits per heavy atom. The van der Waals surface area contributed by atoms with E-state index in [0.717, 1.165) is 0 Å². The quantitative estimate of drug-likeness (QED) is 0.695. The van der Waals surface area contributed by atoms with E-state index in [0.29, 0.717) is 11.6 Å². The summed E-state index contributed by atoms with van der Waals surface area (Å²) in [6.07, 6.45) is 3.96. The summed E-state index contributed by atoms with van der Waals surface area (Å²) in [4.78, 5) is 2.72. The van der Waals surface area contributed by atoms with Crippen LogP contribution >= 0.6 is 0 Å². The molecule has 1 heteroatoms. The van der Waals surface area contributed by atoms with Gasteiger partial charge in [-0.3, -0.25) is 4.90 Å². The highest BCUT2D eigenvalue weighted by Crippen LogP contribution is 2.55. The lowest BCUT2D eigenvalue weighted by atomic mass is 9.87. The molecule has 1 aromatic carbocycles. The Morgan fingerprint density at radius 3 is 2.62 bits per heavy atom. The third kappa shape index (κ3) is 1.27. The van der Waals surface area contributed by atoms with Gasteiger partial charge in [0.25, 0.3) is 0 Å². The molecule has 1 saturated carbocycles. The number of rotatable bonds is 1. The first-order valence-corrected chi connectivity index (χ1v) is 6.51. The molecule has 1 heterocycles. The number of hydrogen-bond acceptors (Lipinski definition) is 1. The van der Waals surface area contributed by atoms with Gasteiger partial charge >= 0.3 is 0 Å². The first-order chi connectivity index (χ1) is 7.65. The Balaban J connectivity index is 2.10. The largest absolute Gasteiger partial charge is 0.291 e. The molecule has 86 valence electrons. The number of benzene rings is 1. The number of nitrogens with zero attached hydrogens (tertiary/aromatic N) is 1. The molecule has 0 radical (unpaired) electrons. The molecule has 1 aliphatic heterocycles. The average Bonchev–Trinajstić information content (AvgIpc) is 3.01. The van der Waals surface area contributed by atoms with E-state index in [4.69, 9.17) is 0 Å². The van der Waals surface area contributed by atoms with Crippen LogP contribution in [0.3, 0.4) is 0 Å². The van der Waals surface area contributed by atoms with Crippen LogP contribution in [0.2, 0.25) is 0 Å². The Kier molecular flexibility index (Phi) is 2.16. The third-order valence-corrected chi connectivity index (χ3v) is 4.41. The van der Waals surface area contributed by atoms with Crippen molar-refractivity contribution in [2.45, 2.75) is 51.6 Å². The standard InChI is InChI=1S/C15H21N/c1-11(2)16-10-7-13-12(3)5-4-6-14(13)15(16)8-9-15/h4-6,11H,7-10H2,1-3H3. The van der Waals surface area contributed by atoms with Gasteiger partial charge in [0.15, 0.2) is 0 Å². The van der Waals surface area contributed by atoms with Crippen molar-refractivity contribution in [1.82, 2.24) is 4.90 Å². The Morgan fingerprint density at radius 1 is 1.25 bits per heavy atom. The molecule has 1 spiro atoms. The molecular weight excluding hydrogens is 194 g/mol. The van der Waals surface area contributed by atoms with E-state index in [2.05, 4.69) is 43.9 Å².